The second-order valence-electron chi connectivity index (χ2n) is 5.26. The first-order chi connectivity index (χ1) is 8.75. The van der Waals surface area contributed by atoms with E-state index in [-0.39, 0.29) is 12.0 Å². The molecule has 0 saturated carbocycles. The van der Waals surface area contributed by atoms with E-state index in [1.165, 1.54) is 18.4 Å². The number of amides is 1. The van der Waals surface area contributed by atoms with Crippen molar-refractivity contribution in [2.45, 2.75) is 38.2 Å². The highest BCUT2D eigenvalue weighted by atomic mass is 16.5. The number of carbonyl (C=O) groups excluding carboxylic acids is 1. The Hall–Kier alpha value is -0.870. The van der Waals surface area contributed by atoms with Crippen LogP contribution in [0, 0.1) is 0 Å². The second-order valence-corrected chi connectivity index (χ2v) is 5.26. The van der Waals surface area contributed by atoms with Gasteiger partial charge >= 0.3 is 0 Å². The minimum Gasteiger partial charge on any atom is -0.374 e. The van der Waals surface area contributed by atoms with Crippen LogP contribution in [0.3, 0.4) is 0 Å². The molecule has 2 rings (SSSR count). The molecule has 1 N–H and O–H groups in total. The number of likely N-dealkylation sites (N-methyl/N-ethyl adjacent to an activating group) is 1. The Kier molecular flexibility index (Phi) is 5.20. The Balaban J connectivity index is 1.75. The van der Waals surface area contributed by atoms with E-state index in [9.17, 15) is 4.79 Å². The maximum absolute atomic E-state index is 12.1. The van der Waals surface area contributed by atoms with E-state index < -0.39 is 0 Å². The smallest absolute Gasteiger partial charge is 0.226 e. The topological polar surface area (TPSA) is 41.6 Å². The molecule has 1 aliphatic heterocycles. The lowest BCUT2D eigenvalue weighted by Crippen LogP contribution is -2.45. The molecule has 1 fully saturated rings. The van der Waals surface area contributed by atoms with Gasteiger partial charge in [-0.15, -0.1) is 0 Å². The van der Waals surface area contributed by atoms with Gasteiger partial charge in [-0.25, -0.2) is 0 Å². The van der Waals surface area contributed by atoms with Crippen molar-refractivity contribution in [3.05, 3.63) is 11.6 Å². The van der Waals surface area contributed by atoms with Gasteiger partial charge in [-0.2, -0.15) is 0 Å². The minimum atomic E-state index is 0.146. The number of hydrogen-bond acceptors (Lipinski definition) is 3. The molecule has 4 heteroatoms. The predicted molar refractivity (Wildman–Crippen MR) is 71.4 cm³/mol. The van der Waals surface area contributed by atoms with Gasteiger partial charge in [-0.05, 0) is 25.7 Å². The van der Waals surface area contributed by atoms with Crippen LogP contribution in [0.25, 0.3) is 0 Å². The number of morpholine rings is 1. The number of nitrogens with one attached hydrogen (secondary N) is 1. The van der Waals surface area contributed by atoms with Crippen LogP contribution in [0.2, 0.25) is 0 Å². The number of hydrogen-bond donors (Lipinski definition) is 1. The molecule has 1 unspecified atom stereocenters. The third-order valence-corrected chi connectivity index (χ3v) is 3.67. The molecule has 0 aromatic heterocycles. The lowest BCUT2D eigenvalue weighted by atomic mass is 9.97. The third kappa shape index (κ3) is 4.10. The zero-order chi connectivity index (χ0) is 12.8. The standard InChI is InChI=1S/C14H24N2O2/c1-16(11-13-10-15-7-8-18-13)14(17)9-12-5-3-2-4-6-12/h5,13,15H,2-4,6-11H2,1H3. The Morgan fingerprint density at radius 3 is 3.11 bits per heavy atom. The summed E-state index contributed by atoms with van der Waals surface area (Å²) in [6.07, 6.45) is 7.73. The average molecular weight is 252 g/mol. The van der Waals surface area contributed by atoms with Crippen molar-refractivity contribution in [3.8, 4) is 0 Å². The maximum Gasteiger partial charge on any atom is 0.226 e. The molecule has 0 aromatic carbocycles. The molecule has 1 atom stereocenters. The summed E-state index contributed by atoms with van der Waals surface area (Å²) in [6, 6.07) is 0. The second kappa shape index (κ2) is 6.90. The number of allylic oxidation sites excluding steroid dienone is 1. The molecule has 102 valence electrons. The van der Waals surface area contributed by atoms with E-state index in [0.717, 1.165) is 32.5 Å². The van der Waals surface area contributed by atoms with E-state index in [1.54, 1.807) is 0 Å². The van der Waals surface area contributed by atoms with Gasteiger partial charge in [0.1, 0.15) is 0 Å². The van der Waals surface area contributed by atoms with Gasteiger partial charge in [0.05, 0.1) is 12.7 Å². The van der Waals surface area contributed by atoms with E-state index in [2.05, 4.69) is 11.4 Å². The van der Waals surface area contributed by atoms with E-state index in [4.69, 9.17) is 4.74 Å². The van der Waals surface area contributed by atoms with Crippen molar-refractivity contribution in [2.75, 3.05) is 33.3 Å². The number of carbonyl (C=O) groups is 1. The fourth-order valence-electron chi connectivity index (χ4n) is 2.54. The van der Waals surface area contributed by atoms with Gasteiger partial charge in [0.15, 0.2) is 0 Å². The average Bonchev–Trinajstić information content (AvgIpc) is 2.41. The summed E-state index contributed by atoms with van der Waals surface area (Å²) in [5, 5.41) is 3.29. The van der Waals surface area contributed by atoms with Crippen molar-refractivity contribution < 1.29 is 9.53 Å². The zero-order valence-electron chi connectivity index (χ0n) is 11.3. The molecule has 1 aliphatic carbocycles. The van der Waals surface area contributed by atoms with Gasteiger partial charge in [0.2, 0.25) is 5.91 Å². The van der Waals surface area contributed by atoms with Crippen LogP contribution in [-0.2, 0) is 9.53 Å². The molecular formula is C14H24N2O2. The molecule has 2 aliphatic rings. The van der Waals surface area contributed by atoms with Gasteiger partial charge in [0.25, 0.3) is 0 Å². The van der Waals surface area contributed by atoms with E-state index >= 15 is 0 Å². The highest BCUT2D eigenvalue weighted by Crippen LogP contribution is 2.20. The molecule has 1 amide bonds. The Bertz CT molecular complexity index is 309. The van der Waals surface area contributed by atoms with Crippen LogP contribution < -0.4 is 5.32 Å². The molecule has 18 heavy (non-hydrogen) atoms. The quantitative estimate of drug-likeness (QED) is 0.767. The first kappa shape index (κ1) is 13.6. The fourth-order valence-corrected chi connectivity index (χ4v) is 2.54. The number of ether oxygens (including phenoxy) is 1. The summed E-state index contributed by atoms with van der Waals surface area (Å²) in [5.74, 6) is 0.220. The van der Waals surface area contributed by atoms with Crippen molar-refractivity contribution in [3.63, 3.8) is 0 Å². The van der Waals surface area contributed by atoms with Crippen LogP contribution in [0.15, 0.2) is 11.6 Å². The molecule has 0 aromatic rings. The molecular weight excluding hydrogens is 228 g/mol. The maximum atomic E-state index is 12.1. The van der Waals surface area contributed by atoms with Crippen LogP contribution >= 0.6 is 0 Å². The van der Waals surface area contributed by atoms with E-state index in [1.807, 2.05) is 11.9 Å². The van der Waals surface area contributed by atoms with Crippen molar-refractivity contribution in [1.82, 2.24) is 10.2 Å². The lowest BCUT2D eigenvalue weighted by Gasteiger charge is -2.28. The van der Waals surface area contributed by atoms with Gasteiger partial charge in [-0.1, -0.05) is 11.6 Å². The van der Waals surface area contributed by atoms with Crippen molar-refractivity contribution in [1.29, 1.82) is 0 Å². The molecule has 0 bridgehead atoms. The normalized spacial score (nSPS) is 24.5. The Morgan fingerprint density at radius 2 is 2.44 bits per heavy atom. The largest absolute Gasteiger partial charge is 0.374 e. The summed E-state index contributed by atoms with van der Waals surface area (Å²) in [6.45, 7) is 3.21. The zero-order valence-corrected chi connectivity index (χ0v) is 11.3. The molecule has 0 spiro atoms. The SMILES string of the molecule is CN(CC1CNCCO1)C(=O)CC1=CCCCC1. The Labute approximate surface area is 109 Å². The van der Waals surface area contributed by atoms with E-state index in [0.29, 0.717) is 13.0 Å². The highest BCUT2D eigenvalue weighted by Gasteiger charge is 2.19. The van der Waals surface area contributed by atoms with Crippen LogP contribution in [-0.4, -0.2) is 50.2 Å². The number of rotatable bonds is 4. The Morgan fingerprint density at radius 1 is 1.56 bits per heavy atom. The minimum absolute atomic E-state index is 0.146. The first-order valence-corrected chi connectivity index (χ1v) is 7.00. The fraction of sp³-hybridized carbons (Fsp3) is 0.786. The van der Waals surface area contributed by atoms with Gasteiger partial charge in [-0.3, -0.25) is 4.79 Å². The van der Waals surface area contributed by atoms with Crippen molar-refractivity contribution >= 4 is 5.91 Å². The predicted octanol–water partition coefficient (Wildman–Crippen LogP) is 1.32. The van der Waals surface area contributed by atoms with Crippen LogP contribution in [0.1, 0.15) is 32.1 Å². The molecule has 4 nitrogen and oxygen atoms in total. The van der Waals surface area contributed by atoms with Crippen LogP contribution in [0.5, 0.6) is 0 Å². The summed E-state index contributed by atoms with van der Waals surface area (Å²) >= 11 is 0. The lowest BCUT2D eigenvalue weighted by molar-refractivity contribution is -0.131. The van der Waals surface area contributed by atoms with Gasteiger partial charge < -0.3 is 15.0 Å². The monoisotopic (exact) mass is 252 g/mol. The molecule has 1 saturated heterocycles. The summed E-state index contributed by atoms with van der Waals surface area (Å²) in [4.78, 5) is 13.9. The van der Waals surface area contributed by atoms with Gasteiger partial charge in [0, 0.05) is 33.1 Å². The summed E-state index contributed by atoms with van der Waals surface area (Å²) in [5.41, 5.74) is 1.32. The first-order valence-electron chi connectivity index (χ1n) is 7.00. The van der Waals surface area contributed by atoms with Crippen molar-refractivity contribution in [2.24, 2.45) is 0 Å². The molecule has 0 radical (unpaired) electrons. The summed E-state index contributed by atoms with van der Waals surface area (Å²) in [7, 11) is 1.88. The van der Waals surface area contributed by atoms with Crippen LogP contribution in [0.4, 0.5) is 0 Å². The molecule has 1 heterocycles. The number of nitrogens with zero attached hydrogens (tertiary/aromatic N) is 1. The highest BCUT2D eigenvalue weighted by molar-refractivity contribution is 5.78. The summed E-state index contributed by atoms with van der Waals surface area (Å²) < 4.78 is 5.62. The third-order valence-electron chi connectivity index (χ3n) is 3.67.